The molecule has 0 aromatic carbocycles. The van der Waals surface area contributed by atoms with Gasteiger partial charge in [-0.25, -0.2) is 9.78 Å². The summed E-state index contributed by atoms with van der Waals surface area (Å²) >= 11 is 0. The van der Waals surface area contributed by atoms with E-state index in [1.165, 1.54) is 12.5 Å². The SMILES string of the molecule is CC(C)C(NC(=O)C(Cc1cnc[nH]1)NC(=O)C(CCC(=O)O)NC(=O)C(N)CC(N)=O)C(=O)O. The molecule has 0 spiro atoms. The van der Waals surface area contributed by atoms with Gasteiger partial charge in [0.15, 0.2) is 0 Å². The highest BCUT2D eigenvalue weighted by Gasteiger charge is 2.32. The Morgan fingerprint density at radius 2 is 1.60 bits per heavy atom. The van der Waals surface area contributed by atoms with Crippen molar-refractivity contribution in [2.45, 2.75) is 63.7 Å². The van der Waals surface area contributed by atoms with Crippen molar-refractivity contribution in [3.8, 4) is 0 Å². The Hall–Kier alpha value is -4.01. The number of aromatic amines is 1. The summed E-state index contributed by atoms with van der Waals surface area (Å²) in [5, 5.41) is 25.4. The van der Waals surface area contributed by atoms with Crippen molar-refractivity contribution in [3.05, 3.63) is 18.2 Å². The number of aliphatic carboxylic acids is 2. The maximum atomic E-state index is 13.0. The molecule has 15 heteroatoms. The van der Waals surface area contributed by atoms with Gasteiger partial charge in [0.2, 0.25) is 23.6 Å². The van der Waals surface area contributed by atoms with Crippen molar-refractivity contribution in [1.82, 2.24) is 25.9 Å². The summed E-state index contributed by atoms with van der Waals surface area (Å²) in [6.45, 7) is 3.18. The topological polar surface area (TPSA) is 260 Å². The van der Waals surface area contributed by atoms with Crippen LogP contribution >= 0.6 is 0 Å². The third-order valence-electron chi connectivity index (χ3n) is 4.88. The lowest BCUT2D eigenvalue weighted by Gasteiger charge is -2.25. The molecule has 0 aliphatic rings. The Bertz CT molecular complexity index is 919. The average molecular weight is 498 g/mol. The van der Waals surface area contributed by atoms with Gasteiger partial charge in [0.05, 0.1) is 18.8 Å². The van der Waals surface area contributed by atoms with Crippen molar-refractivity contribution in [1.29, 1.82) is 0 Å². The first-order chi connectivity index (χ1) is 16.3. The number of primary amides is 1. The van der Waals surface area contributed by atoms with Crippen LogP contribution in [0.25, 0.3) is 0 Å². The number of rotatable bonds is 15. The number of hydrogen-bond donors (Lipinski definition) is 8. The molecule has 0 bridgehead atoms. The van der Waals surface area contributed by atoms with E-state index in [2.05, 4.69) is 25.9 Å². The van der Waals surface area contributed by atoms with Gasteiger partial charge >= 0.3 is 11.9 Å². The van der Waals surface area contributed by atoms with Crippen molar-refractivity contribution < 1.29 is 39.0 Å². The highest BCUT2D eigenvalue weighted by Crippen LogP contribution is 2.07. The van der Waals surface area contributed by atoms with Crippen LogP contribution in [-0.4, -0.2) is 79.9 Å². The molecule has 4 amide bonds. The normalized spacial score (nSPS) is 14.3. The van der Waals surface area contributed by atoms with Crippen LogP contribution in [0.15, 0.2) is 12.5 Å². The number of carbonyl (C=O) groups excluding carboxylic acids is 4. The van der Waals surface area contributed by atoms with E-state index in [9.17, 15) is 33.9 Å². The molecule has 0 aliphatic heterocycles. The summed E-state index contributed by atoms with van der Waals surface area (Å²) in [6, 6.07) is -5.33. The number of amides is 4. The van der Waals surface area contributed by atoms with Crippen LogP contribution < -0.4 is 27.4 Å². The van der Waals surface area contributed by atoms with Gasteiger partial charge in [0.1, 0.15) is 18.1 Å². The number of imidazole rings is 1. The third kappa shape index (κ3) is 10.2. The Balaban J connectivity index is 3.09. The standard InChI is InChI=1S/C20H31N7O8/c1-9(2)16(20(34)35)27-19(33)13(5-10-7-23-8-24-10)26-18(32)12(3-4-15(29)30)25-17(31)11(21)6-14(22)28/h7-9,11-13,16H,3-6,21H2,1-2H3,(H2,22,28)(H,23,24)(H,25,31)(H,26,32)(H,27,33)(H,29,30)(H,34,35). The lowest BCUT2D eigenvalue weighted by Crippen LogP contribution is -2.58. The first kappa shape index (κ1) is 29.0. The van der Waals surface area contributed by atoms with E-state index < -0.39 is 78.5 Å². The van der Waals surface area contributed by atoms with Gasteiger partial charge in [0, 0.05) is 24.7 Å². The number of carboxylic acids is 2. The maximum absolute atomic E-state index is 13.0. The molecule has 4 unspecified atom stereocenters. The molecule has 0 aliphatic carbocycles. The first-order valence-electron chi connectivity index (χ1n) is 10.7. The van der Waals surface area contributed by atoms with Gasteiger partial charge in [-0.1, -0.05) is 13.8 Å². The summed E-state index contributed by atoms with van der Waals surface area (Å²) in [4.78, 5) is 78.2. The largest absolute Gasteiger partial charge is 0.481 e. The van der Waals surface area contributed by atoms with Crippen LogP contribution in [0.3, 0.4) is 0 Å². The zero-order valence-corrected chi connectivity index (χ0v) is 19.3. The molecule has 4 atom stereocenters. The predicted octanol–water partition coefficient (Wildman–Crippen LogP) is -2.79. The fourth-order valence-electron chi connectivity index (χ4n) is 2.99. The number of nitrogens with one attached hydrogen (secondary N) is 4. The first-order valence-corrected chi connectivity index (χ1v) is 10.7. The maximum Gasteiger partial charge on any atom is 0.326 e. The number of nitrogens with two attached hydrogens (primary N) is 2. The summed E-state index contributed by atoms with van der Waals surface area (Å²) in [7, 11) is 0. The van der Waals surface area contributed by atoms with Crippen LogP contribution in [0.4, 0.5) is 0 Å². The van der Waals surface area contributed by atoms with Crippen LogP contribution in [0.5, 0.6) is 0 Å². The zero-order valence-electron chi connectivity index (χ0n) is 19.3. The molecule has 1 aromatic rings. The van der Waals surface area contributed by atoms with Gasteiger partial charge in [-0.2, -0.15) is 0 Å². The molecule has 194 valence electrons. The smallest absolute Gasteiger partial charge is 0.326 e. The van der Waals surface area contributed by atoms with E-state index in [4.69, 9.17) is 16.6 Å². The summed E-state index contributed by atoms with van der Waals surface area (Å²) < 4.78 is 0. The molecule has 15 nitrogen and oxygen atoms in total. The summed E-state index contributed by atoms with van der Waals surface area (Å²) in [5.41, 5.74) is 11.0. The Labute approximate surface area is 200 Å². The van der Waals surface area contributed by atoms with Gasteiger partial charge in [-0.3, -0.25) is 24.0 Å². The van der Waals surface area contributed by atoms with Crippen LogP contribution in [0.2, 0.25) is 0 Å². The number of nitrogens with zero attached hydrogens (tertiary/aromatic N) is 1. The second kappa shape index (κ2) is 13.6. The lowest BCUT2D eigenvalue weighted by atomic mass is 10.0. The third-order valence-corrected chi connectivity index (χ3v) is 4.88. The quantitative estimate of drug-likeness (QED) is 0.123. The summed E-state index contributed by atoms with van der Waals surface area (Å²) in [5.74, 6) is -6.48. The van der Waals surface area contributed by atoms with E-state index in [1.807, 2.05) is 0 Å². The van der Waals surface area contributed by atoms with Crippen LogP contribution in [-0.2, 0) is 35.2 Å². The Morgan fingerprint density at radius 1 is 1.00 bits per heavy atom. The molecular weight excluding hydrogens is 466 g/mol. The second-order valence-corrected chi connectivity index (χ2v) is 8.18. The second-order valence-electron chi connectivity index (χ2n) is 8.18. The molecule has 0 saturated heterocycles. The molecule has 35 heavy (non-hydrogen) atoms. The molecule has 10 N–H and O–H groups in total. The van der Waals surface area contributed by atoms with Gasteiger partial charge in [0.25, 0.3) is 0 Å². The minimum absolute atomic E-state index is 0.108. The molecular formula is C20H31N7O8. The monoisotopic (exact) mass is 497 g/mol. The van der Waals surface area contributed by atoms with Gasteiger partial charge in [-0.05, 0) is 12.3 Å². The zero-order chi connectivity index (χ0) is 26.7. The number of carbonyl (C=O) groups is 6. The number of H-pyrrole nitrogens is 1. The lowest BCUT2D eigenvalue weighted by molar-refractivity contribution is -0.143. The Kier molecular flexibility index (Phi) is 11.3. The summed E-state index contributed by atoms with van der Waals surface area (Å²) in [6.07, 6.45) is 1.28. The molecule has 0 fully saturated rings. The average Bonchev–Trinajstić information content (AvgIpc) is 3.25. The highest BCUT2D eigenvalue weighted by atomic mass is 16.4. The van der Waals surface area contributed by atoms with Crippen molar-refractivity contribution >= 4 is 35.6 Å². The molecule has 1 rings (SSSR count). The minimum Gasteiger partial charge on any atom is -0.481 e. The number of aromatic nitrogens is 2. The van der Waals surface area contributed by atoms with E-state index >= 15 is 0 Å². The van der Waals surface area contributed by atoms with Crippen LogP contribution in [0.1, 0.15) is 38.8 Å². The predicted molar refractivity (Wildman–Crippen MR) is 119 cm³/mol. The highest BCUT2D eigenvalue weighted by molar-refractivity contribution is 5.95. The van der Waals surface area contributed by atoms with Crippen molar-refractivity contribution in [2.24, 2.45) is 17.4 Å². The number of carboxylic acid groups (broad SMARTS) is 2. The number of hydrogen-bond acceptors (Lipinski definition) is 8. The van der Waals surface area contributed by atoms with E-state index in [0.717, 1.165) is 0 Å². The van der Waals surface area contributed by atoms with Gasteiger partial charge < -0.3 is 42.6 Å². The molecule has 1 aromatic heterocycles. The van der Waals surface area contributed by atoms with E-state index in [1.54, 1.807) is 13.8 Å². The van der Waals surface area contributed by atoms with Crippen molar-refractivity contribution in [3.63, 3.8) is 0 Å². The fourth-order valence-corrected chi connectivity index (χ4v) is 2.99. The Morgan fingerprint density at radius 3 is 2.09 bits per heavy atom. The molecule has 0 radical (unpaired) electrons. The minimum atomic E-state index is -1.42. The van der Waals surface area contributed by atoms with Crippen molar-refractivity contribution in [2.75, 3.05) is 0 Å². The van der Waals surface area contributed by atoms with Gasteiger partial charge in [-0.15, -0.1) is 0 Å². The molecule has 0 saturated carbocycles. The molecule has 1 heterocycles. The van der Waals surface area contributed by atoms with E-state index in [0.29, 0.717) is 5.69 Å². The fraction of sp³-hybridized carbons (Fsp3) is 0.550. The van der Waals surface area contributed by atoms with E-state index in [-0.39, 0.29) is 12.8 Å². The van der Waals surface area contributed by atoms with Crippen LogP contribution in [0, 0.1) is 5.92 Å².